The second-order valence-corrected chi connectivity index (χ2v) is 8.11. The Hall–Kier alpha value is -3.95. The van der Waals surface area contributed by atoms with Crippen LogP contribution in [-0.2, 0) is 0 Å². The Bertz CT molecular complexity index is 1130. The second-order valence-electron chi connectivity index (χ2n) is 8.11. The lowest BCUT2D eigenvalue weighted by Crippen LogP contribution is -2.25. The lowest BCUT2D eigenvalue weighted by Gasteiger charge is -2.20. The fourth-order valence-electron chi connectivity index (χ4n) is 4.06. The van der Waals surface area contributed by atoms with Gasteiger partial charge in [-0.1, -0.05) is 12.1 Å². The van der Waals surface area contributed by atoms with Crippen molar-refractivity contribution in [3.8, 4) is 11.3 Å². The summed E-state index contributed by atoms with van der Waals surface area (Å²) in [7, 11) is 0. The number of anilines is 3. The average molecular weight is 447 g/mol. The maximum absolute atomic E-state index is 11.2. The zero-order valence-corrected chi connectivity index (χ0v) is 18.1. The summed E-state index contributed by atoms with van der Waals surface area (Å²) in [6, 6.07) is 10.2. The van der Waals surface area contributed by atoms with Gasteiger partial charge in [0.2, 0.25) is 17.8 Å². The van der Waals surface area contributed by atoms with Crippen molar-refractivity contribution < 1.29 is 14.3 Å². The predicted octanol–water partition coefficient (Wildman–Crippen LogP) is 3.48. The Balaban J connectivity index is 1.32. The molecule has 0 radical (unpaired) electrons. The number of carboxylic acid groups (broad SMARTS) is 1. The van der Waals surface area contributed by atoms with Crippen molar-refractivity contribution in [2.75, 3.05) is 41.4 Å². The van der Waals surface area contributed by atoms with Gasteiger partial charge in [-0.2, -0.15) is 20.1 Å². The molecule has 0 spiro atoms. The van der Waals surface area contributed by atoms with Gasteiger partial charge in [0.1, 0.15) is 11.5 Å². The van der Waals surface area contributed by atoms with E-state index < -0.39 is 5.97 Å². The van der Waals surface area contributed by atoms with Crippen molar-refractivity contribution in [2.24, 2.45) is 5.10 Å². The topological polar surface area (TPSA) is 120 Å². The lowest BCUT2D eigenvalue weighted by molar-refractivity contribution is 0.0697. The van der Waals surface area contributed by atoms with E-state index in [0.29, 0.717) is 34.9 Å². The highest BCUT2D eigenvalue weighted by molar-refractivity contribution is 5.89. The molecule has 10 heteroatoms. The van der Waals surface area contributed by atoms with E-state index in [-0.39, 0.29) is 5.56 Å². The molecule has 0 saturated carbocycles. The van der Waals surface area contributed by atoms with Gasteiger partial charge >= 0.3 is 5.97 Å². The van der Waals surface area contributed by atoms with Gasteiger partial charge < -0.3 is 19.3 Å². The van der Waals surface area contributed by atoms with Gasteiger partial charge in [0, 0.05) is 31.7 Å². The number of hydrogen-bond donors (Lipinski definition) is 2. The Kier molecular flexibility index (Phi) is 5.88. The van der Waals surface area contributed by atoms with Gasteiger partial charge in [0.15, 0.2) is 0 Å². The molecule has 0 bridgehead atoms. The number of benzene rings is 1. The number of aromatic nitrogens is 3. The normalized spacial score (nSPS) is 16.1. The first-order valence-corrected chi connectivity index (χ1v) is 11.1. The maximum Gasteiger partial charge on any atom is 0.335 e. The molecule has 0 atom stereocenters. The number of carboxylic acids is 1. The third-order valence-electron chi connectivity index (χ3n) is 5.77. The van der Waals surface area contributed by atoms with Gasteiger partial charge in [0.25, 0.3) is 0 Å². The highest BCUT2D eigenvalue weighted by Crippen LogP contribution is 2.24. The van der Waals surface area contributed by atoms with Crippen LogP contribution in [0.15, 0.2) is 45.9 Å². The molecule has 2 fully saturated rings. The molecule has 2 aromatic heterocycles. The van der Waals surface area contributed by atoms with Crippen LogP contribution in [-0.4, -0.2) is 58.4 Å². The van der Waals surface area contributed by atoms with E-state index >= 15 is 0 Å². The Morgan fingerprint density at radius 1 is 0.970 bits per heavy atom. The van der Waals surface area contributed by atoms with Crippen molar-refractivity contribution in [3.05, 3.63) is 47.7 Å². The summed E-state index contributed by atoms with van der Waals surface area (Å²) in [6.45, 7) is 3.80. The Labute approximate surface area is 191 Å². The summed E-state index contributed by atoms with van der Waals surface area (Å²) in [5, 5.41) is 13.4. The largest absolute Gasteiger partial charge is 0.478 e. The van der Waals surface area contributed by atoms with E-state index in [0.717, 1.165) is 51.9 Å². The number of carbonyl (C=O) groups is 1. The number of hydrazone groups is 1. The quantitative estimate of drug-likeness (QED) is 0.414. The summed E-state index contributed by atoms with van der Waals surface area (Å²) in [5.74, 6) is 1.86. The molecule has 2 aliphatic heterocycles. The number of rotatable bonds is 7. The van der Waals surface area contributed by atoms with E-state index in [9.17, 15) is 9.90 Å². The predicted molar refractivity (Wildman–Crippen MR) is 125 cm³/mol. The summed E-state index contributed by atoms with van der Waals surface area (Å²) in [6.07, 6.45) is 6.10. The van der Waals surface area contributed by atoms with Crippen molar-refractivity contribution in [2.45, 2.75) is 25.7 Å². The van der Waals surface area contributed by atoms with E-state index in [1.807, 2.05) is 0 Å². The van der Waals surface area contributed by atoms with Crippen LogP contribution in [0.4, 0.5) is 17.8 Å². The smallest absolute Gasteiger partial charge is 0.335 e. The zero-order valence-electron chi connectivity index (χ0n) is 18.1. The van der Waals surface area contributed by atoms with Gasteiger partial charge in [-0.15, -0.1) is 0 Å². The average Bonchev–Trinajstić information content (AvgIpc) is 3.62. The Morgan fingerprint density at radius 3 is 2.27 bits per heavy atom. The fourth-order valence-corrected chi connectivity index (χ4v) is 4.06. The highest BCUT2D eigenvalue weighted by Gasteiger charge is 2.21. The molecule has 3 aromatic rings. The molecule has 4 heterocycles. The fraction of sp³-hybridized carbons (Fsp3) is 0.348. The van der Waals surface area contributed by atoms with Crippen LogP contribution >= 0.6 is 0 Å². The minimum absolute atomic E-state index is 0.207. The van der Waals surface area contributed by atoms with Crippen LogP contribution in [0.1, 0.15) is 41.8 Å². The molecule has 5 rings (SSSR count). The van der Waals surface area contributed by atoms with Crippen molar-refractivity contribution in [1.82, 2.24) is 15.0 Å². The maximum atomic E-state index is 11.2. The third kappa shape index (κ3) is 4.79. The number of nitrogens with one attached hydrogen (secondary N) is 1. The van der Waals surface area contributed by atoms with Gasteiger partial charge in [-0.05, 0) is 49.9 Å². The summed E-state index contributed by atoms with van der Waals surface area (Å²) >= 11 is 0. The summed E-state index contributed by atoms with van der Waals surface area (Å²) in [5.41, 5.74) is 3.80. The lowest BCUT2D eigenvalue weighted by atomic mass is 10.1. The SMILES string of the molecule is O=C(O)c1cccc(-c2ccc(/C=N\Nc3nc(N4CCCC4)nc(N4CCCC4)n3)o2)c1. The first-order valence-electron chi connectivity index (χ1n) is 11.1. The number of furan rings is 1. The van der Waals surface area contributed by atoms with E-state index in [2.05, 4.69) is 30.3 Å². The van der Waals surface area contributed by atoms with Crippen LogP contribution in [0.3, 0.4) is 0 Å². The molecule has 33 heavy (non-hydrogen) atoms. The van der Waals surface area contributed by atoms with Gasteiger partial charge in [-0.3, -0.25) is 0 Å². The number of nitrogens with zero attached hydrogens (tertiary/aromatic N) is 6. The molecule has 0 amide bonds. The zero-order chi connectivity index (χ0) is 22.6. The molecular formula is C23H25N7O3. The van der Waals surface area contributed by atoms with Crippen LogP contribution in [0, 0.1) is 0 Å². The summed E-state index contributed by atoms with van der Waals surface area (Å²) < 4.78 is 5.80. The Morgan fingerprint density at radius 2 is 1.64 bits per heavy atom. The van der Waals surface area contributed by atoms with Crippen LogP contribution in [0.25, 0.3) is 11.3 Å². The monoisotopic (exact) mass is 447 g/mol. The van der Waals surface area contributed by atoms with Crippen LogP contribution in [0.2, 0.25) is 0 Å². The van der Waals surface area contributed by atoms with E-state index in [1.54, 1.807) is 42.6 Å². The van der Waals surface area contributed by atoms with Crippen molar-refractivity contribution >= 4 is 30.0 Å². The third-order valence-corrected chi connectivity index (χ3v) is 5.77. The van der Waals surface area contributed by atoms with Gasteiger partial charge in [0.05, 0.1) is 11.8 Å². The van der Waals surface area contributed by atoms with Crippen molar-refractivity contribution in [3.63, 3.8) is 0 Å². The summed E-state index contributed by atoms with van der Waals surface area (Å²) in [4.78, 5) is 29.4. The van der Waals surface area contributed by atoms with E-state index in [1.165, 1.54) is 0 Å². The molecule has 0 aliphatic carbocycles. The molecule has 2 saturated heterocycles. The van der Waals surface area contributed by atoms with Gasteiger partial charge in [-0.25, -0.2) is 10.2 Å². The minimum atomic E-state index is -0.978. The standard InChI is InChI=1S/C23H25N7O3/c31-20(32)17-7-5-6-16(14-17)19-9-8-18(33-19)15-24-28-21-25-22(29-10-1-2-11-29)27-23(26-21)30-12-3-4-13-30/h5-9,14-15H,1-4,10-13H2,(H,31,32)(H,25,26,27,28)/b24-15-. The first-order chi connectivity index (χ1) is 16.2. The molecule has 2 N–H and O–H groups in total. The number of aromatic carboxylic acids is 1. The molecule has 0 unspecified atom stereocenters. The molecule has 170 valence electrons. The van der Waals surface area contributed by atoms with Crippen LogP contribution in [0.5, 0.6) is 0 Å². The molecule has 2 aliphatic rings. The first kappa shape index (κ1) is 20.9. The van der Waals surface area contributed by atoms with Crippen molar-refractivity contribution in [1.29, 1.82) is 0 Å². The molecule has 10 nitrogen and oxygen atoms in total. The molecular weight excluding hydrogens is 422 g/mol. The highest BCUT2D eigenvalue weighted by atomic mass is 16.4. The second kappa shape index (κ2) is 9.27. The van der Waals surface area contributed by atoms with E-state index in [4.69, 9.17) is 9.40 Å². The number of hydrogen-bond acceptors (Lipinski definition) is 9. The molecule has 1 aromatic carbocycles. The van der Waals surface area contributed by atoms with Crippen LogP contribution < -0.4 is 15.2 Å². The minimum Gasteiger partial charge on any atom is -0.478 e.